The van der Waals surface area contributed by atoms with E-state index in [1.54, 1.807) is 48.5 Å². The quantitative estimate of drug-likeness (QED) is 0.578. The molecule has 5 nitrogen and oxygen atoms in total. The first-order valence-electron chi connectivity index (χ1n) is 10.5. The lowest BCUT2D eigenvalue weighted by Gasteiger charge is -2.30. The van der Waals surface area contributed by atoms with Crippen LogP contribution in [-0.2, 0) is 21.6 Å². The van der Waals surface area contributed by atoms with Gasteiger partial charge in [0.05, 0.1) is 12.7 Å². The maximum Gasteiger partial charge on any atom is 0.337 e. The number of esters is 1. The van der Waals surface area contributed by atoms with E-state index in [1.807, 2.05) is 12.1 Å². The third-order valence-electron chi connectivity index (χ3n) is 5.77. The highest BCUT2D eigenvalue weighted by molar-refractivity contribution is 5.94. The van der Waals surface area contributed by atoms with E-state index in [2.05, 4.69) is 10.1 Å². The molecule has 0 aliphatic carbocycles. The lowest BCUT2D eigenvalue weighted by atomic mass is 9.83. The summed E-state index contributed by atoms with van der Waals surface area (Å²) in [6.07, 6.45) is 1.71. The zero-order valence-electron chi connectivity index (χ0n) is 17.8. The summed E-state index contributed by atoms with van der Waals surface area (Å²) in [5.41, 5.74) is 3.09. The van der Waals surface area contributed by atoms with Crippen LogP contribution in [0.1, 0.15) is 50.2 Å². The molecule has 1 atom stereocenters. The SMILES string of the molecule is COC(=O)c1ccc(CNC(=O)c2ccc([C@@]3(c4ccc(F)cc4)CCCO3)cc2)cc1. The van der Waals surface area contributed by atoms with Gasteiger partial charge in [0.15, 0.2) is 0 Å². The summed E-state index contributed by atoms with van der Waals surface area (Å²) >= 11 is 0. The highest BCUT2D eigenvalue weighted by Crippen LogP contribution is 2.42. The monoisotopic (exact) mass is 433 g/mol. The third-order valence-corrected chi connectivity index (χ3v) is 5.77. The zero-order valence-corrected chi connectivity index (χ0v) is 17.8. The van der Waals surface area contributed by atoms with Gasteiger partial charge < -0.3 is 14.8 Å². The van der Waals surface area contributed by atoms with Gasteiger partial charge in [0.25, 0.3) is 5.91 Å². The predicted molar refractivity (Wildman–Crippen MR) is 118 cm³/mol. The summed E-state index contributed by atoms with van der Waals surface area (Å²) in [5.74, 6) is -0.879. The lowest BCUT2D eigenvalue weighted by molar-refractivity contribution is 0.0359. The van der Waals surface area contributed by atoms with Gasteiger partial charge in [-0.2, -0.15) is 0 Å². The lowest BCUT2D eigenvalue weighted by Crippen LogP contribution is -2.27. The van der Waals surface area contributed by atoms with Gasteiger partial charge in [0.2, 0.25) is 0 Å². The predicted octanol–water partition coefficient (Wildman–Crippen LogP) is 4.60. The Balaban J connectivity index is 1.45. The maximum absolute atomic E-state index is 13.4. The van der Waals surface area contributed by atoms with Gasteiger partial charge in [-0.1, -0.05) is 36.4 Å². The van der Waals surface area contributed by atoms with Crippen LogP contribution in [0.25, 0.3) is 0 Å². The van der Waals surface area contributed by atoms with E-state index in [9.17, 15) is 14.0 Å². The number of carbonyl (C=O) groups is 2. The Bertz CT molecular complexity index is 1090. The van der Waals surface area contributed by atoms with Crippen LogP contribution in [-0.4, -0.2) is 25.6 Å². The zero-order chi connectivity index (χ0) is 22.6. The summed E-state index contributed by atoms with van der Waals surface area (Å²) in [6, 6.07) is 20.6. The molecule has 6 heteroatoms. The molecular weight excluding hydrogens is 409 g/mol. The van der Waals surface area contributed by atoms with Crippen LogP contribution in [0.15, 0.2) is 72.8 Å². The largest absolute Gasteiger partial charge is 0.465 e. The molecule has 32 heavy (non-hydrogen) atoms. The molecule has 3 aromatic carbocycles. The second kappa shape index (κ2) is 9.32. The minimum absolute atomic E-state index is 0.197. The molecule has 1 amide bonds. The van der Waals surface area contributed by atoms with Crippen LogP contribution in [0.2, 0.25) is 0 Å². The molecule has 1 aliphatic heterocycles. The van der Waals surface area contributed by atoms with Crippen molar-refractivity contribution in [3.8, 4) is 0 Å². The normalized spacial score (nSPS) is 17.7. The van der Waals surface area contributed by atoms with Crippen LogP contribution >= 0.6 is 0 Å². The second-order valence-electron chi connectivity index (χ2n) is 7.73. The molecule has 1 fully saturated rings. The molecule has 0 aromatic heterocycles. The van der Waals surface area contributed by atoms with E-state index >= 15 is 0 Å². The van der Waals surface area contributed by atoms with E-state index in [0.717, 1.165) is 29.5 Å². The fourth-order valence-electron chi connectivity index (χ4n) is 4.03. The molecule has 0 saturated carbocycles. The van der Waals surface area contributed by atoms with Gasteiger partial charge in [0, 0.05) is 18.7 Å². The highest BCUT2D eigenvalue weighted by atomic mass is 19.1. The number of nitrogens with one attached hydrogen (secondary N) is 1. The number of benzene rings is 3. The molecule has 3 aromatic rings. The minimum Gasteiger partial charge on any atom is -0.465 e. The van der Waals surface area contributed by atoms with Crippen LogP contribution in [0, 0.1) is 5.82 Å². The smallest absolute Gasteiger partial charge is 0.337 e. The molecule has 4 rings (SSSR count). The van der Waals surface area contributed by atoms with Crippen molar-refractivity contribution < 1.29 is 23.5 Å². The average Bonchev–Trinajstić information content (AvgIpc) is 3.34. The standard InChI is InChI=1S/C26H24FNO4/c1-31-25(30)20-5-3-18(4-6-20)17-28-24(29)19-7-9-21(10-8-19)26(15-2-16-32-26)22-11-13-23(27)14-12-22/h3-14H,2,15-17H2,1H3,(H,28,29)/t26-/m1/s1. The topological polar surface area (TPSA) is 64.6 Å². The van der Waals surface area contributed by atoms with E-state index in [4.69, 9.17) is 4.74 Å². The Kier molecular flexibility index (Phi) is 6.32. The van der Waals surface area contributed by atoms with Crippen molar-refractivity contribution >= 4 is 11.9 Å². The van der Waals surface area contributed by atoms with Gasteiger partial charge in [-0.15, -0.1) is 0 Å². The molecule has 0 radical (unpaired) electrons. The van der Waals surface area contributed by atoms with E-state index in [0.29, 0.717) is 24.3 Å². The summed E-state index contributed by atoms with van der Waals surface area (Å²) in [5, 5.41) is 2.89. The average molecular weight is 433 g/mol. The number of halogens is 1. The molecule has 1 N–H and O–H groups in total. The molecule has 1 saturated heterocycles. The first kappa shape index (κ1) is 21.7. The molecule has 1 aliphatic rings. The summed E-state index contributed by atoms with van der Waals surface area (Å²) in [6.45, 7) is 0.971. The molecule has 0 spiro atoms. The number of hydrogen-bond donors (Lipinski definition) is 1. The summed E-state index contributed by atoms with van der Waals surface area (Å²) in [7, 11) is 1.34. The fourth-order valence-corrected chi connectivity index (χ4v) is 4.03. The Hall–Kier alpha value is -3.51. The van der Waals surface area contributed by atoms with E-state index in [1.165, 1.54) is 19.2 Å². The number of ether oxygens (including phenoxy) is 2. The molecule has 0 unspecified atom stereocenters. The maximum atomic E-state index is 13.4. The van der Waals surface area contributed by atoms with Crippen LogP contribution in [0.5, 0.6) is 0 Å². The molecule has 164 valence electrons. The summed E-state index contributed by atoms with van der Waals surface area (Å²) < 4.78 is 24.2. The second-order valence-corrected chi connectivity index (χ2v) is 7.73. The van der Waals surface area contributed by atoms with Crippen molar-refractivity contribution in [1.82, 2.24) is 5.32 Å². The Morgan fingerprint density at radius 2 is 1.53 bits per heavy atom. The number of carbonyl (C=O) groups excluding carboxylic acids is 2. The molecule has 0 bridgehead atoms. The first-order chi connectivity index (χ1) is 15.5. The van der Waals surface area contributed by atoms with E-state index in [-0.39, 0.29) is 11.7 Å². The number of amides is 1. The van der Waals surface area contributed by atoms with Gasteiger partial charge in [-0.3, -0.25) is 4.79 Å². The van der Waals surface area contributed by atoms with Gasteiger partial charge in [-0.05, 0) is 65.9 Å². The number of hydrogen-bond acceptors (Lipinski definition) is 4. The molecular formula is C26H24FNO4. The Labute approximate surface area is 186 Å². The number of methoxy groups -OCH3 is 1. The third kappa shape index (κ3) is 4.41. The van der Waals surface area contributed by atoms with Gasteiger partial charge >= 0.3 is 5.97 Å². The summed E-state index contributed by atoms with van der Waals surface area (Å²) in [4.78, 5) is 24.1. The fraction of sp³-hybridized carbons (Fsp3) is 0.231. The van der Waals surface area contributed by atoms with Crippen LogP contribution in [0.4, 0.5) is 4.39 Å². The number of rotatable bonds is 6. The Morgan fingerprint density at radius 3 is 2.09 bits per heavy atom. The first-order valence-corrected chi connectivity index (χ1v) is 10.5. The molecule has 1 heterocycles. The van der Waals surface area contributed by atoms with Crippen molar-refractivity contribution in [2.45, 2.75) is 25.0 Å². The Morgan fingerprint density at radius 1 is 0.938 bits per heavy atom. The van der Waals surface area contributed by atoms with Crippen molar-refractivity contribution in [2.24, 2.45) is 0 Å². The van der Waals surface area contributed by atoms with Gasteiger partial charge in [0.1, 0.15) is 11.4 Å². The highest BCUT2D eigenvalue weighted by Gasteiger charge is 2.38. The van der Waals surface area contributed by atoms with Crippen molar-refractivity contribution in [1.29, 1.82) is 0 Å². The van der Waals surface area contributed by atoms with Crippen molar-refractivity contribution in [3.63, 3.8) is 0 Å². The minimum atomic E-state index is -0.621. The van der Waals surface area contributed by atoms with E-state index < -0.39 is 11.6 Å². The van der Waals surface area contributed by atoms with Crippen LogP contribution in [0.3, 0.4) is 0 Å². The van der Waals surface area contributed by atoms with Crippen LogP contribution < -0.4 is 5.32 Å². The van der Waals surface area contributed by atoms with Crippen molar-refractivity contribution in [2.75, 3.05) is 13.7 Å². The van der Waals surface area contributed by atoms with Gasteiger partial charge in [-0.25, -0.2) is 9.18 Å². The van der Waals surface area contributed by atoms with Crippen molar-refractivity contribution in [3.05, 3.63) is 106 Å².